The van der Waals surface area contributed by atoms with Crippen LogP contribution >= 0.6 is 22.6 Å². The summed E-state index contributed by atoms with van der Waals surface area (Å²) in [7, 11) is 1.61. The Labute approximate surface area is 97.8 Å². The molecule has 14 heavy (non-hydrogen) atoms. The van der Waals surface area contributed by atoms with E-state index in [1.807, 2.05) is 12.1 Å². The highest BCUT2D eigenvalue weighted by Crippen LogP contribution is 2.24. The second-order valence-corrected chi connectivity index (χ2v) is 4.40. The fourth-order valence-electron chi connectivity index (χ4n) is 1.19. The van der Waals surface area contributed by atoms with Crippen molar-refractivity contribution in [1.82, 2.24) is 0 Å². The summed E-state index contributed by atoms with van der Waals surface area (Å²) in [6.45, 7) is 4.19. The summed E-state index contributed by atoms with van der Waals surface area (Å²) >= 11 is 1.79. The van der Waals surface area contributed by atoms with Gasteiger partial charge in [-0.1, -0.05) is 13.8 Å². The topological polar surface area (TPSA) is 26.3 Å². The van der Waals surface area contributed by atoms with Crippen LogP contribution in [0.5, 0.6) is 5.75 Å². The van der Waals surface area contributed by atoms with Gasteiger partial charge in [-0.25, -0.2) is 0 Å². The molecule has 3 heteroatoms. The molecule has 0 saturated heterocycles. The summed E-state index contributed by atoms with van der Waals surface area (Å²) in [5.74, 6) is 1.15. The number of hydrogen-bond donors (Lipinski definition) is 0. The molecule has 76 valence electrons. The number of benzene rings is 1. The van der Waals surface area contributed by atoms with Gasteiger partial charge in [-0.15, -0.1) is 0 Å². The van der Waals surface area contributed by atoms with E-state index in [1.54, 1.807) is 35.8 Å². The molecule has 0 radical (unpaired) electrons. The minimum absolute atomic E-state index is 0.0448. The van der Waals surface area contributed by atoms with Crippen molar-refractivity contribution in [3.8, 4) is 5.75 Å². The lowest BCUT2D eigenvalue weighted by Crippen LogP contribution is -1.95. The Morgan fingerprint density at radius 2 is 2.00 bits per heavy atom. The smallest absolute Gasteiger partial charge is 0.222 e. The molecule has 0 aliphatic heterocycles. The fraction of sp³-hybridized carbons (Fsp3) is 0.364. The molecule has 1 aromatic carbocycles. The molecule has 0 aliphatic carbocycles. The molecular formula is C11H13IO2. The number of methoxy groups -OCH3 is 1. The van der Waals surface area contributed by atoms with Crippen molar-refractivity contribution in [3.63, 3.8) is 0 Å². The van der Waals surface area contributed by atoms with E-state index in [2.05, 4.69) is 13.8 Å². The molecule has 0 N–H and O–H groups in total. The Hall–Kier alpha value is -0.580. The third-order valence-electron chi connectivity index (χ3n) is 2.06. The number of halogens is 1. The van der Waals surface area contributed by atoms with Crippen molar-refractivity contribution >= 4 is 26.4 Å². The van der Waals surface area contributed by atoms with Gasteiger partial charge >= 0.3 is 0 Å². The predicted molar refractivity (Wildman–Crippen MR) is 65.4 cm³/mol. The summed E-state index contributed by atoms with van der Waals surface area (Å²) in [5.41, 5.74) is 1.83. The first-order valence-electron chi connectivity index (χ1n) is 4.43. The van der Waals surface area contributed by atoms with Crippen molar-refractivity contribution < 1.29 is 9.53 Å². The van der Waals surface area contributed by atoms with E-state index in [0.29, 0.717) is 11.5 Å². The summed E-state index contributed by atoms with van der Waals surface area (Å²) in [4.78, 5) is 11.2. The zero-order chi connectivity index (χ0) is 10.7. The molecule has 1 rings (SSSR count). The van der Waals surface area contributed by atoms with Gasteiger partial charge in [0, 0.05) is 28.2 Å². The second kappa shape index (κ2) is 4.77. The summed E-state index contributed by atoms with van der Waals surface area (Å²) in [6.07, 6.45) is 0. The summed E-state index contributed by atoms with van der Waals surface area (Å²) in [5, 5.41) is 0. The van der Waals surface area contributed by atoms with Crippen LogP contribution in [0.15, 0.2) is 18.2 Å². The maximum atomic E-state index is 11.2. The molecule has 0 unspecified atom stereocenters. The number of carbonyl (C=O) groups excluding carboxylic acids is 1. The molecule has 0 amide bonds. The maximum absolute atomic E-state index is 11.2. The number of rotatable bonds is 3. The van der Waals surface area contributed by atoms with Crippen LogP contribution in [0.4, 0.5) is 0 Å². The number of ether oxygens (including phenoxy) is 1. The van der Waals surface area contributed by atoms with Crippen LogP contribution in [0.25, 0.3) is 0 Å². The molecule has 0 aromatic heterocycles. The molecule has 0 bridgehead atoms. The van der Waals surface area contributed by atoms with Crippen molar-refractivity contribution in [2.75, 3.05) is 7.11 Å². The maximum Gasteiger partial charge on any atom is 0.222 e. The van der Waals surface area contributed by atoms with E-state index < -0.39 is 0 Å². The highest BCUT2D eigenvalue weighted by atomic mass is 127. The second-order valence-electron chi connectivity index (χ2n) is 3.42. The Kier molecular flexibility index (Phi) is 3.92. The SMILES string of the molecule is COc1cc(C(=O)I)cc(C(C)C)c1. The van der Waals surface area contributed by atoms with Gasteiger partial charge in [0.2, 0.25) is 3.79 Å². The molecular weight excluding hydrogens is 291 g/mol. The molecule has 0 aliphatic rings. The zero-order valence-corrected chi connectivity index (χ0v) is 10.7. The van der Waals surface area contributed by atoms with Crippen molar-refractivity contribution in [3.05, 3.63) is 29.3 Å². The molecule has 1 aromatic rings. The van der Waals surface area contributed by atoms with Crippen molar-refractivity contribution in [2.24, 2.45) is 0 Å². The molecule has 0 atom stereocenters. The van der Waals surface area contributed by atoms with Crippen LogP contribution in [-0.4, -0.2) is 10.9 Å². The van der Waals surface area contributed by atoms with Crippen LogP contribution in [0, 0.1) is 0 Å². The fourth-order valence-corrected chi connectivity index (χ4v) is 1.50. The Morgan fingerprint density at radius 1 is 1.36 bits per heavy atom. The van der Waals surface area contributed by atoms with Gasteiger partial charge in [0.15, 0.2) is 0 Å². The normalized spacial score (nSPS) is 10.4. The summed E-state index contributed by atoms with van der Waals surface area (Å²) in [6, 6.07) is 5.65. The minimum Gasteiger partial charge on any atom is -0.497 e. The van der Waals surface area contributed by atoms with Crippen LogP contribution in [0.3, 0.4) is 0 Å². The average Bonchev–Trinajstić information content (AvgIpc) is 2.16. The first kappa shape index (κ1) is 11.5. The van der Waals surface area contributed by atoms with E-state index >= 15 is 0 Å². The van der Waals surface area contributed by atoms with Gasteiger partial charge < -0.3 is 4.74 Å². The lowest BCUT2D eigenvalue weighted by Gasteiger charge is -2.09. The molecule has 0 saturated carbocycles. The summed E-state index contributed by atoms with van der Waals surface area (Å²) < 4.78 is 5.19. The van der Waals surface area contributed by atoms with Crippen molar-refractivity contribution in [1.29, 1.82) is 0 Å². The molecule has 0 fully saturated rings. The Morgan fingerprint density at radius 3 is 2.43 bits per heavy atom. The minimum atomic E-state index is 0.0448. The Balaban J connectivity index is 3.20. The quantitative estimate of drug-likeness (QED) is 0.632. The van der Waals surface area contributed by atoms with Gasteiger partial charge in [-0.2, -0.15) is 0 Å². The van der Waals surface area contributed by atoms with Crippen LogP contribution in [0.2, 0.25) is 0 Å². The van der Waals surface area contributed by atoms with Crippen LogP contribution in [-0.2, 0) is 0 Å². The molecule has 0 heterocycles. The molecule has 2 nitrogen and oxygen atoms in total. The lowest BCUT2D eigenvalue weighted by atomic mass is 10.0. The third kappa shape index (κ3) is 2.70. The van der Waals surface area contributed by atoms with Gasteiger partial charge in [0.05, 0.1) is 7.11 Å². The van der Waals surface area contributed by atoms with Gasteiger partial charge in [0.1, 0.15) is 5.75 Å². The predicted octanol–water partition coefficient (Wildman–Crippen LogP) is 3.39. The monoisotopic (exact) mass is 304 g/mol. The van der Waals surface area contributed by atoms with Gasteiger partial charge in [-0.3, -0.25) is 4.79 Å². The highest BCUT2D eigenvalue weighted by molar-refractivity contribution is 14.1. The standard InChI is InChI=1S/C11H13IO2/c1-7(2)8-4-9(11(12)13)6-10(5-8)14-3/h4-7H,1-3H3. The lowest BCUT2D eigenvalue weighted by molar-refractivity contribution is 0.110. The number of hydrogen-bond acceptors (Lipinski definition) is 2. The van der Waals surface area contributed by atoms with E-state index in [9.17, 15) is 4.79 Å². The zero-order valence-electron chi connectivity index (χ0n) is 8.50. The largest absolute Gasteiger partial charge is 0.497 e. The van der Waals surface area contributed by atoms with E-state index in [4.69, 9.17) is 4.74 Å². The van der Waals surface area contributed by atoms with E-state index in [1.165, 1.54) is 0 Å². The van der Waals surface area contributed by atoms with E-state index in [-0.39, 0.29) is 3.79 Å². The highest BCUT2D eigenvalue weighted by Gasteiger charge is 2.08. The van der Waals surface area contributed by atoms with Gasteiger partial charge in [0.25, 0.3) is 0 Å². The molecule has 0 spiro atoms. The average molecular weight is 304 g/mol. The Bertz CT molecular complexity index is 345. The van der Waals surface area contributed by atoms with Crippen molar-refractivity contribution in [2.45, 2.75) is 19.8 Å². The van der Waals surface area contributed by atoms with Crippen LogP contribution in [0.1, 0.15) is 35.7 Å². The van der Waals surface area contributed by atoms with Crippen LogP contribution < -0.4 is 4.74 Å². The van der Waals surface area contributed by atoms with E-state index in [0.717, 1.165) is 11.3 Å². The first-order chi connectivity index (χ1) is 6.54. The third-order valence-corrected chi connectivity index (χ3v) is 2.68. The number of carbonyl (C=O) groups is 1. The van der Waals surface area contributed by atoms with Gasteiger partial charge in [-0.05, 0) is 29.7 Å². The first-order valence-corrected chi connectivity index (χ1v) is 5.51.